The lowest BCUT2D eigenvalue weighted by Crippen LogP contribution is -2.39. The standard InChI is InChI=1S/C18H21N5O/c1-22-7-5-16(21-22)18(24)23-8-3-13(4-9-23)10-14-11-15-2-6-19-17(15)20-12-14/h2,5-7,11-13H,3-4,8-10H2,1H3,(H,19,20). The Bertz CT molecular complexity index is 857. The van der Waals surface area contributed by atoms with Gasteiger partial charge < -0.3 is 9.88 Å². The summed E-state index contributed by atoms with van der Waals surface area (Å²) in [6.07, 6.45) is 8.78. The normalized spacial score (nSPS) is 16.0. The van der Waals surface area contributed by atoms with Crippen LogP contribution < -0.4 is 0 Å². The Hall–Kier alpha value is -2.63. The summed E-state index contributed by atoms with van der Waals surface area (Å²) in [5, 5.41) is 5.37. The number of likely N-dealkylation sites (tertiary alicyclic amines) is 1. The van der Waals surface area contributed by atoms with Crippen LogP contribution in [0.25, 0.3) is 11.0 Å². The van der Waals surface area contributed by atoms with Crippen molar-refractivity contribution in [2.75, 3.05) is 13.1 Å². The Balaban J connectivity index is 1.36. The highest BCUT2D eigenvalue weighted by atomic mass is 16.2. The van der Waals surface area contributed by atoms with E-state index in [1.807, 2.05) is 30.5 Å². The van der Waals surface area contributed by atoms with E-state index in [0.29, 0.717) is 11.6 Å². The first kappa shape index (κ1) is 14.9. The van der Waals surface area contributed by atoms with Crippen LogP contribution in [-0.4, -0.2) is 43.6 Å². The van der Waals surface area contributed by atoms with Crippen molar-refractivity contribution in [1.29, 1.82) is 0 Å². The number of carbonyl (C=O) groups excluding carboxylic acids is 1. The smallest absolute Gasteiger partial charge is 0.274 e. The minimum absolute atomic E-state index is 0.0458. The number of hydrogen-bond acceptors (Lipinski definition) is 3. The highest BCUT2D eigenvalue weighted by Crippen LogP contribution is 2.23. The lowest BCUT2D eigenvalue weighted by molar-refractivity contribution is 0.0684. The maximum absolute atomic E-state index is 12.4. The van der Waals surface area contributed by atoms with Crippen molar-refractivity contribution in [2.45, 2.75) is 19.3 Å². The van der Waals surface area contributed by atoms with Gasteiger partial charge in [-0.3, -0.25) is 9.48 Å². The molecule has 0 aromatic carbocycles. The van der Waals surface area contributed by atoms with E-state index in [-0.39, 0.29) is 5.91 Å². The molecule has 0 aliphatic carbocycles. The molecule has 4 rings (SSSR count). The number of aromatic nitrogens is 4. The number of pyridine rings is 1. The van der Waals surface area contributed by atoms with E-state index < -0.39 is 0 Å². The topological polar surface area (TPSA) is 66.8 Å². The van der Waals surface area contributed by atoms with Crippen molar-refractivity contribution in [1.82, 2.24) is 24.6 Å². The molecule has 0 atom stereocenters. The van der Waals surface area contributed by atoms with Crippen molar-refractivity contribution < 1.29 is 4.79 Å². The Kier molecular flexibility index (Phi) is 3.80. The fraction of sp³-hybridized carbons (Fsp3) is 0.389. The molecule has 6 heteroatoms. The quantitative estimate of drug-likeness (QED) is 0.805. The molecule has 0 spiro atoms. The first-order valence-electron chi connectivity index (χ1n) is 8.40. The summed E-state index contributed by atoms with van der Waals surface area (Å²) in [7, 11) is 1.83. The van der Waals surface area contributed by atoms with Crippen LogP contribution in [0.4, 0.5) is 0 Å². The van der Waals surface area contributed by atoms with Gasteiger partial charge in [-0.15, -0.1) is 0 Å². The highest BCUT2D eigenvalue weighted by molar-refractivity contribution is 5.92. The number of aromatic amines is 1. The SMILES string of the molecule is Cn1ccc(C(=O)N2CCC(Cc3cnc4[nH]ccc4c3)CC2)n1. The maximum Gasteiger partial charge on any atom is 0.274 e. The monoisotopic (exact) mass is 323 g/mol. The minimum Gasteiger partial charge on any atom is -0.346 e. The molecule has 24 heavy (non-hydrogen) atoms. The zero-order valence-corrected chi connectivity index (χ0v) is 13.8. The molecule has 3 aromatic heterocycles. The molecule has 0 bridgehead atoms. The Morgan fingerprint density at radius 3 is 2.92 bits per heavy atom. The summed E-state index contributed by atoms with van der Waals surface area (Å²) < 4.78 is 1.67. The van der Waals surface area contributed by atoms with Crippen molar-refractivity contribution >= 4 is 16.9 Å². The van der Waals surface area contributed by atoms with Crippen LogP contribution >= 0.6 is 0 Å². The molecule has 1 amide bonds. The molecule has 6 nitrogen and oxygen atoms in total. The molecular formula is C18H21N5O. The van der Waals surface area contributed by atoms with Crippen LogP contribution in [0.3, 0.4) is 0 Å². The third-order valence-corrected chi connectivity index (χ3v) is 4.82. The van der Waals surface area contributed by atoms with E-state index >= 15 is 0 Å². The molecular weight excluding hydrogens is 302 g/mol. The van der Waals surface area contributed by atoms with Gasteiger partial charge in [-0.05, 0) is 48.9 Å². The predicted octanol–water partition coefficient (Wildman–Crippen LogP) is 2.39. The molecule has 4 heterocycles. The molecule has 124 valence electrons. The Morgan fingerprint density at radius 2 is 2.17 bits per heavy atom. The van der Waals surface area contributed by atoms with Gasteiger partial charge in [0.2, 0.25) is 0 Å². The van der Waals surface area contributed by atoms with Gasteiger partial charge in [0.05, 0.1) is 0 Å². The summed E-state index contributed by atoms with van der Waals surface area (Å²) in [6, 6.07) is 6.05. The van der Waals surface area contributed by atoms with Gasteiger partial charge in [0.15, 0.2) is 0 Å². The lowest BCUT2D eigenvalue weighted by atomic mass is 9.90. The molecule has 1 N–H and O–H groups in total. The number of aryl methyl sites for hydroxylation is 1. The fourth-order valence-corrected chi connectivity index (χ4v) is 3.46. The van der Waals surface area contributed by atoms with Crippen molar-refractivity contribution in [3.8, 4) is 0 Å². The Labute approximate surface area is 140 Å². The number of nitrogens with one attached hydrogen (secondary N) is 1. The van der Waals surface area contributed by atoms with Crippen LogP contribution in [0.2, 0.25) is 0 Å². The average molecular weight is 323 g/mol. The molecule has 1 saturated heterocycles. The summed E-state index contributed by atoms with van der Waals surface area (Å²) in [4.78, 5) is 21.9. The van der Waals surface area contributed by atoms with Crippen LogP contribution in [-0.2, 0) is 13.5 Å². The van der Waals surface area contributed by atoms with E-state index in [0.717, 1.165) is 43.4 Å². The number of piperidine rings is 1. The van der Waals surface area contributed by atoms with Crippen molar-refractivity contribution in [2.24, 2.45) is 13.0 Å². The fourth-order valence-electron chi connectivity index (χ4n) is 3.46. The summed E-state index contributed by atoms with van der Waals surface area (Å²) in [6.45, 7) is 1.61. The second-order valence-corrected chi connectivity index (χ2v) is 6.57. The van der Waals surface area contributed by atoms with E-state index in [2.05, 4.69) is 27.2 Å². The number of amides is 1. The van der Waals surface area contributed by atoms with Crippen LogP contribution in [0.5, 0.6) is 0 Å². The maximum atomic E-state index is 12.4. The van der Waals surface area contributed by atoms with E-state index in [4.69, 9.17) is 0 Å². The number of hydrogen-bond donors (Lipinski definition) is 1. The molecule has 0 radical (unpaired) electrons. The van der Waals surface area contributed by atoms with Gasteiger partial charge >= 0.3 is 0 Å². The van der Waals surface area contributed by atoms with Gasteiger partial charge in [0.25, 0.3) is 5.91 Å². The number of fused-ring (bicyclic) bond motifs is 1. The third-order valence-electron chi connectivity index (χ3n) is 4.82. The molecule has 1 fully saturated rings. The van der Waals surface area contributed by atoms with Crippen molar-refractivity contribution in [3.63, 3.8) is 0 Å². The van der Waals surface area contributed by atoms with E-state index in [1.54, 1.807) is 10.7 Å². The van der Waals surface area contributed by atoms with Crippen LogP contribution in [0.15, 0.2) is 36.8 Å². The lowest BCUT2D eigenvalue weighted by Gasteiger charge is -2.31. The molecule has 1 aliphatic rings. The number of nitrogens with zero attached hydrogens (tertiary/aromatic N) is 4. The van der Waals surface area contributed by atoms with Gasteiger partial charge in [0, 0.05) is 44.1 Å². The highest BCUT2D eigenvalue weighted by Gasteiger charge is 2.25. The summed E-state index contributed by atoms with van der Waals surface area (Å²) >= 11 is 0. The zero-order valence-electron chi connectivity index (χ0n) is 13.8. The predicted molar refractivity (Wildman–Crippen MR) is 91.6 cm³/mol. The van der Waals surface area contributed by atoms with Gasteiger partial charge in [-0.1, -0.05) is 0 Å². The molecule has 0 saturated carbocycles. The van der Waals surface area contributed by atoms with Crippen molar-refractivity contribution in [3.05, 3.63) is 48.0 Å². The van der Waals surface area contributed by atoms with E-state index in [1.165, 1.54) is 5.56 Å². The number of H-pyrrole nitrogens is 1. The molecule has 3 aromatic rings. The summed E-state index contributed by atoms with van der Waals surface area (Å²) in [5.74, 6) is 0.653. The zero-order chi connectivity index (χ0) is 16.5. The number of rotatable bonds is 3. The Morgan fingerprint density at radius 1 is 1.33 bits per heavy atom. The van der Waals surface area contributed by atoms with Gasteiger partial charge in [0.1, 0.15) is 11.3 Å². The van der Waals surface area contributed by atoms with Gasteiger partial charge in [-0.25, -0.2) is 4.98 Å². The summed E-state index contributed by atoms with van der Waals surface area (Å²) in [5.41, 5.74) is 2.75. The van der Waals surface area contributed by atoms with Crippen LogP contribution in [0.1, 0.15) is 28.9 Å². The van der Waals surface area contributed by atoms with E-state index in [9.17, 15) is 4.79 Å². The second-order valence-electron chi connectivity index (χ2n) is 6.57. The first-order valence-corrected chi connectivity index (χ1v) is 8.40. The number of carbonyl (C=O) groups is 1. The molecule has 0 unspecified atom stereocenters. The third kappa shape index (κ3) is 2.91. The molecule has 1 aliphatic heterocycles. The van der Waals surface area contributed by atoms with Gasteiger partial charge in [-0.2, -0.15) is 5.10 Å². The largest absolute Gasteiger partial charge is 0.346 e. The first-order chi connectivity index (χ1) is 11.7. The minimum atomic E-state index is 0.0458. The second kappa shape index (κ2) is 6.11. The van der Waals surface area contributed by atoms with Crippen LogP contribution in [0, 0.1) is 5.92 Å². The average Bonchev–Trinajstić information content (AvgIpc) is 3.23.